The third kappa shape index (κ3) is 9.24. The summed E-state index contributed by atoms with van der Waals surface area (Å²) in [7, 11) is -3.48. The highest BCUT2D eigenvalue weighted by Gasteiger charge is 2.28. The minimum Gasteiger partial charge on any atom is -0.307 e. The molecule has 0 saturated heterocycles. The quantitative estimate of drug-likeness (QED) is 0.0683. The lowest BCUT2D eigenvalue weighted by molar-refractivity contribution is 0.604. The van der Waals surface area contributed by atoms with Crippen LogP contribution in [0.3, 0.4) is 0 Å². The Morgan fingerprint density at radius 2 is 0.603 bits per heavy atom. The normalized spacial score (nSPS) is 12.0. The van der Waals surface area contributed by atoms with Crippen LogP contribution in [0.2, 0.25) is 39.3 Å². The van der Waals surface area contributed by atoms with Crippen molar-refractivity contribution < 1.29 is 17.6 Å². The van der Waals surface area contributed by atoms with Gasteiger partial charge in [0.15, 0.2) is 0 Å². The molecule has 2 nitrogen and oxygen atoms in total. The van der Waals surface area contributed by atoms with Crippen LogP contribution in [0.1, 0.15) is 0 Å². The highest BCUT2D eigenvalue weighted by molar-refractivity contribution is 6.89. The van der Waals surface area contributed by atoms with Gasteiger partial charge in [0.1, 0.15) is 23.3 Å². The molecule has 0 spiro atoms. The first-order valence-electron chi connectivity index (χ1n) is 26.4. The van der Waals surface area contributed by atoms with Crippen LogP contribution in [0.15, 0.2) is 231 Å². The summed E-state index contributed by atoms with van der Waals surface area (Å²) in [5, 5.41) is 7.76. The third-order valence-electron chi connectivity index (χ3n) is 15.2. The van der Waals surface area contributed by atoms with Crippen LogP contribution in [0.4, 0.5) is 51.7 Å². The summed E-state index contributed by atoms with van der Waals surface area (Å²) in [4.78, 5) is 3.64. The van der Waals surface area contributed by atoms with Gasteiger partial charge in [0.25, 0.3) is 0 Å². The summed E-state index contributed by atoms with van der Waals surface area (Å²) >= 11 is 0. The van der Waals surface area contributed by atoms with Crippen molar-refractivity contribution in [3.05, 3.63) is 254 Å². The van der Waals surface area contributed by atoms with Crippen molar-refractivity contribution >= 4 is 93.0 Å². The Morgan fingerprint density at radius 1 is 0.282 bits per heavy atom. The molecule has 0 amide bonds. The molecule has 12 aromatic rings. The Morgan fingerprint density at radius 3 is 0.949 bits per heavy atom. The molecule has 0 aliphatic heterocycles. The smallest absolute Gasteiger partial charge is 0.148 e. The number of hydrogen-bond acceptors (Lipinski definition) is 2. The van der Waals surface area contributed by atoms with E-state index in [2.05, 4.69) is 63.5 Å². The molecule has 0 atom stereocenters. The first kappa shape index (κ1) is 50.3. The van der Waals surface area contributed by atoms with E-state index in [1.165, 1.54) is 34.6 Å². The summed E-state index contributed by atoms with van der Waals surface area (Å²) in [5.74, 6) is -2.27. The van der Waals surface area contributed by atoms with Crippen molar-refractivity contribution in [2.45, 2.75) is 39.3 Å². The molecule has 0 unspecified atom stereocenters. The molecule has 0 aliphatic rings. The van der Waals surface area contributed by atoms with E-state index in [1.54, 1.807) is 0 Å². The van der Waals surface area contributed by atoms with Crippen LogP contribution in [0, 0.1) is 23.3 Å². The van der Waals surface area contributed by atoms with E-state index in [1.807, 2.05) is 192 Å². The molecule has 0 radical (unpaired) electrons. The van der Waals surface area contributed by atoms with Crippen molar-refractivity contribution in [3.8, 4) is 44.5 Å². The predicted molar refractivity (Wildman–Crippen MR) is 327 cm³/mol. The van der Waals surface area contributed by atoms with Crippen LogP contribution in [0.5, 0.6) is 0 Å². The molecule has 0 N–H and O–H groups in total. The van der Waals surface area contributed by atoms with Gasteiger partial charge in [-0.3, -0.25) is 0 Å². The van der Waals surface area contributed by atoms with E-state index in [0.717, 1.165) is 54.6 Å². The number of halogens is 4. The standard InChI is InChI=1S/C70H56F4N2Si2/c1-77(2,3)55-33-29-53(30-34-55)75(67-43-61(71)59(41-63(67)73)49-21-17-47(18-22-49)45-13-9-7-10-14-45)65-39-27-51-26-38-58-66(40-28-52-25-37-57(65)69(51)70(52)58)76(54-31-35-56(36-32-54)78(4,5)6)68-44-62(72)60(42-64(68)74)50-23-19-48(20-24-50)46-15-11-8-12-16-46/h7-44H,1-6H3. The summed E-state index contributed by atoms with van der Waals surface area (Å²) in [6, 6.07) is 72.8. The minimum absolute atomic E-state index is 0.0645. The Bertz CT molecular complexity index is 3900. The summed E-state index contributed by atoms with van der Waals surface area (Å²) in [6.45, 7) is 13.7. The zero-order valence-electron chi connectivity index (χ0n) is 44.3. The molecule has 12 aromatic carbocycles. The molecule has 0 fully saturated rings. The van der Waals surface area contributed by atoms with Gasteiger partial charge in [0.05, 0.1) is 38.9 Å². The molecule has 0 aliphatic carbocycles. The predicted octanol–water partition coefficient (Wildman–Crippen LogP) is 19.8. The zero-order chi connectivity index (χ0) is 54.0. The van der Waals surface area contributed by atoms with Gasteiger partial charge in [0, 0.05) is 45.4 Å². The maximum atomic E-state index is 17.3. The van der Waals surface area contributed by atoms with Crippen LogP contribution in [-0.2, 0) is 0 Å². The third-order valence-corrected chi connectivity index (χ3v) is 19.4. The molecule has 78 heavy (non-hydrogen) atoms. The van der Waals surface area contributed by atoms with E-state index in [4.69, 9.17) is 0 Å². The van der Waals surface area contributed by atoms with Crippen molar-refractivity contribution in [2.24, 2.45) is 0 Å². The molecule has 12 rings (SSSR count). The van der Waals surface area contributed by atoms with Crippen molar-refractivity contribution in [1.29, 1.82) is 0 Å². The molecular formula is C70H56F4N2Si2. The number of anilines is 6. The van der Waals surface area contributed by atoms with Crippen LogP contribution in [0.25, 0.3) is 76.8 Å². The van der Waals surface area contributed by atoms with E-state index >= 15 is 17.6 Å². The van der Waals surface area contributed by atoms with Gasteiger partial charge in [-0.05, 0) is 103 Å². The summed E-state index contributed by atoms with van der Waals surface area (Å²) in [6.07, 6.45) is 0. The molecule has 0 heterocycles. The van der Waals surface area contributed by atoms with Crippen LogP contribution >= 0.6 is 0 Å². The molecule has 8 heteroatoms. The Kier molecular flexibility index (Phi) is 12.7. The van der Waals surface area contributed by atoms with E-state index in [9.17, 15) is 0 Å². The minimum atomic E-state index is -1.74. The van der Waals surface area contributed by atoms with E-state index < -0.39 is 39.4 Å². The van der Waals surface area contributed by atoms with Crippen molar-refractivity contribution in [3.63, 3.8) is 0 Å². The second-order valence-electron chi connectivity index (χ2n) is 22.3. The fourth-order valence-electron chi connectivity index (χ4n) is 11.0. The monoisotopic (exact) mass is 1060 g/mol. The van der Waals surface area contributed by atoms with Gasteiger partial charge >= 0.3 is 0 Å². The SMILES string of the molecule is C[Si](C)(C)c1ccc(N(c2cc(F)c(-c3ccc(-c4ccccc4)cc3)cc2F)c2ccc3ccc4c(N(c5ccc([Si](C)(C)C)cc5)c5cc(F)c(-c6ccc(-c7ccccc7)cc6)cc5F)ccc5ccc2c3c54)cc1. The Labute approximate surface area is 455 Å². The van der Waals surface area contributed by atoms with Crippen LogP contribution < -0.4 is 20.2 Å². The number of rotatable bonds is 12. The zero-order valence-corrected chi connectivity index (χ0v) is 46.3. The molecule has 382 valence electrons. The maximum absolute atomic E-state index is 17.3. The van der Waals surface area contributed by atoms with Crippen LogP contribution in [-0.4, -0.2) is 16.1 Å². The molecular weight excluding hydrogens is 1000 g/mol. The number of nitrogens with zero attached hydrogens (tertiary/aromatic N) is 2. The Balaban J connectivity index is 1.02. The molecule has 0 aromatic heterocycles. The highest BCUT2D eigenvalue weighted by atomic mass is 28.3. The number of hydrogen-bond donors (Lipinski definition) is 0. The topological polar surface area (TPSA) is 6.48 Å². The fraction of sp³-hybridized carbons (Fsp3) is 0.0857. The average Bonchev–Trinajstić information content (AvgIpc) is 3.65. The van der Waals surface area contributed by atoms with Crippen molar-refractivity contribution in [1.82, 2.24) is 0 Å². The highest BCUT2D eigenvalue weighted by Crippen LogP contribution is 2.49. The lowest BCUT2D eigenvalue weighted by Gasteiger charge is -2.30. The van der Waals surface area contributed by atoms with E-state index in [-0.39, 0.29) is 22.5 Å². The molecule has 0 saturated carbocycles. The first-order chi connectivity index (χ1) is 37.6. The Hall–Kier alpha value is -8.57. The first-order valence-corrected chi connectivity index (χ1v) is 33.4. The average molecular weight is 1060 g/mol. The molecule has 0 bridgehead atoms. The van der Waals surface area contributed by atoms with Crippen molar-refractivity contribution in [2.75, 3.05) is 9.80 Å². The van der Waals surface area contributed by atoms with Gasteiger partial charge in [-0.1, -0.05) is 220 Å². The second-order valence-corrected chi connectivity index (χ2v) is 32.5. The largest absolute Gasteiger partial charge is 0.307 e. The van der Waals surface area contributed by atoms with Gasteiger partial charge < -0.3 is 9.80 Å². The fourth-order valence-corrected chi connectivity index (χ4v) is 13.3. The summed E-state index contributed by atoms with van der Waals surface area (Å²) < 4.78 is 68.3. The summed E-state index contributed by atoms with van der Waals surface area (Å²) in [5.41, 5.74) is 8.26. The lowest BCUT2D eigenvalue weighted by atomic mass is 9.91. The maximum Gasteiger partial charge on any atom is 0.148 e. The van der Waals surface area contributed by atoms with Gasteiger partial charge in [0.2, 0.25) is 0 Å². The van der Waals surface area contributed by atoms with Gasteiger partial charge in [-0.25, -0.2) is 17.6 Å². The number of benzene rings is 12. The lowest BCUT2D eigenvalue weighted by Crippen LogP contribution is -2.37. The van der Waals surface area contributed by atoms with Gasteiger partial charge in [-0.2, -0.15) is 0 Å². The van der Waals surface area contributed by atoms with E-state index in [0.29, 0.717) is 33.9 Å². The second kappa shape index (κ2) is 19.8. The van der Waals surface area contributed by atoms with Gasteiger partial charge in [-0.15, -0.1) is 0 Å².